The second-order valence-electron chi connectivity index (χ2n) is 3.22. The minimum Gasteiger partial charge on any atom is -0.429 e. The number of hydrogen-bond acceptors (Lipinski definition) is 3. The Labute approximate surface area is 76.5 Å². The van der Waals surface area contributed by atoms with Gasteiger partial charge in [0.25, 0.3) is 6.47 Å². The third kappa shape index (κ3) is 1.42. The molecule has 0 saturated carbocycles. The first-order chi connectivity index (χ1) is 6.31. The third-order valence-electron chi connectivity index (χ3n) is 2.42. The van der Waals surface area contributed by atoms with Crippen molar-refractivity contribution in [1.82, 2.24) is 0 Å². The van der Waals surface area contributed by atoms with Gasteiger partial charge in [0, 0.05) is 6.04 Å². The van der Waals surface area contributed by atoms with Crippen LogP contribution in [0.5, 0.6) is 5.75 Å². The Hall–Kier alpha value is -1.35. The number of hydrogen-bond donors (Lipinski definition) is 1. The first kappa shape index (κ1) is 8.26. The molecule has 3 heteroatoms. The molecule has 1 aliphatic carbocycles. The van der Waals surface area contributed by atoms with Crippen molar-refractivity contribution in [2.45, 2.75) is 18.9 Å². The number of nitrogens with two attached hydrogens (primary N) is 1. The maximum absolute atomic E-state index is 10.1. The standard InChI is InChI=1S/C10H11NO2/c11-10-4-1-7-5-8(13-6-12)2-3-9(7)10/h2-3,5-6,10H,1,4,11H2/t10-/m0/s1. The van der Waals surface area contributed by atoms with E-state index < -0.39 is 0 Å². The van der Waals surface area contributed by atoms with Crippen LogP contribution in [0.25, 0.3) is 0 Å². The zero-order valence-corrected chi connectivity index (χ0v) is 7.19. The smallest absolute Gasteiger partial charge is 0.298 e. The van der Waals surface area contributed by atoms with Crippen LogP contribution in [0.1, 0.15) is 23.6 Å². The van der Waals surface area contributed by atoms with E-state index in [1.165, 1.54) is 11.1 Å². The van der Waals surface area contributed by atoms with Gasteiger partial charge in [-0.3, -0.25) is 4.79 Å². The van der Waals surface area contributed by atoms with Gasteiger partial charge in [-0.1, -0.05) is 6.07 Å². The fraction of sp³-hybridized carbons (Fsp3) is 0.300. The number of carbonyl (C=O) groups is 1. The van der Waals surface area contributed by atoms with Crippen LogP contribution < -0.4 is 10.5 Å². The Morgan fingerprint density at radius 3 is 3.15 bits per heavy atom. The van der Waals surface area contributed by atoms with E-state index in [-0.39, 0.29) is 6.04 Å². The SMILES string of the molecule is N[C@H]1CCc2cc(OC=O)ccc21. The molecule has 2 N–H and O–H groups in total. The Kier molecular flexibility index (Phi) is 2.02. The van der Waals surface area contributed by atoms with E-state index in [4.69, 9.17) is 10.5 Å². The maximum Gasteiger partial charge on any atom is 0.298 e. The van der Waals surface area contributed by atoms with E-state index in [2.05, 4.69) is 0 Å². The van der Waals surface area contributed by atoms with Crippen LogP contribution in [0.3, 0.4) is 0 Å². The van der Waals surface area contributed by atoms with Gasteiger partial charge in [0.05, 0.1) is 0 Å². The highest BCUT2D eigenvalue weighted by Gasteiger charge is 2.18. The van der Waals surface area contributed by atoms with Crippen LogP contribution in [-0.4, -0.2) is 6.47 Å². The summed E-state index contributed by atoms with van der Waals surface area (Å²) in [5, 5.41) is 0. The number of carbonyl (C=O) groups excluding carboxylic acids is 1. The Balaban J connectivity index is 2.33. The number of benzene rings is 1. The third-order valence-corrected chi connectivity index (χ3v) is 2.42. The van der Waals surface area contributed by atoms with Crippen molar-refractivity contribution in [3.63, 3.8) is 0 Å². The van der Waals surface area contributed by atoms with Gasteiger partial charge < -0.3 is 10.5 Å². The fourth-order valence-electron chi connectivity index (χ4n) is 1.76. The van der Waals surface area contributed by atoms with Crippen molar-refractivity contribution in [2.24, 2.45) is 5.73 Å². The molecule has 1 aromatic rings. The predicted molar refractivity (Wildman–Crippen MR) is 48.4 cm³/mol. The summed E-state index contributed by atoms with van der Waals surface area (Å²) in [5.74, 6) is 0.600. The number of aryl methyl sites for hydroxylation is 1. The van der Waals surface area contributed by atoms with E-state index in [1.807, 2.05) is 12.1 Å². The highest BCUT2D eigenvalue weighted by Crippen LogP contribution is 2.31. The summed E-state index contributed by atoms with van der Waals surface area (Å²) >= 11 is 0. The summed E-state index contributed by atoms with van der Waals surface area (Å²) < 4.78 is 4.74. The molecular formula is C10H11NO2. The summed E-state index contributed by atoms with van der Waals surface area (Å²) in [4.78, 5) is 10.1. The van der Waals surface area contributed by atoms with Crippen molar-refractivity contribution in [3.8, 4) is 5.75 Å². The van der Waals surface area contributed by atoms with Crippen molar-refractivity contribution in [2.75, 3.05) is 0 Å². The normalized spacial score (nSPS) is 19.6. The molecule has 1 atom stereocenters. The highest BCUT2D eigenvalue weighted by atomic mass is 16.5. The van der Waals surface area contributed by atoms with E-state index in [9.17, 15) is 4.79 Å². The van der Waals surface area contributed by atoms with Gasteiger partial charge >= 0.3 is 0 Å². The lowest BCUT2D eigenvalue weighted by molar-refractivity contribution is -0.120. The Morgan fingerprint density at radius 2 is 2.38 bits per heavy atom. The first-order valence-corrected chi connectivity index (χ1v) is 4.30. The Morgan fingerprint density at radius 1 is 1.54 bits per heavy atom. The van der Waals surface area contributed by atoms with Gasteiger partial charge in [-0.25, -0.2) is 0 Å². The van der Waals surface area contributed by atoms with Gasteiger partial charge in [-0.15, -0.1) is 0 Å². The van der Waals surface area contributed by atoms with Crippen molar-refractivity contribution in [1.29, 1.82) is 0 Å². The Bertz CT molecular complexity index is 336. The van der Waals surface area contributed by atoms with Gasteiger partial charge in [0.1, 0.15) is 5.75 Å². The van der Waals surface area contributed by atoms with E-state index in [0.29, 0.717) is 12.2 Å². The van der Waals surface area contributed by atoms with Gasteiger partial charge in [-0.2, -0.15) is 0 Å². The molecule has 0 fully saturated rings. The van der Waals surface area contributed by atoms with Crippen molar-refractivity contribution >= 4 is 6.47 Å². The van der Waals surface area contributed by atoms with Crippen LogP contribution in [0.15, 0.2) is 18.2 Å². The van der Waals surface area contributed by atoms with Gasteiger partial charge in [-0.05, 0) is 36.1 Å². The molecule has 13 heavy (non-hydrogen) atoms. The number of ether oxygens (including phenoxy) is 1. The summed E-state index contributed by atoms with van der Waals surface area (Å²) in [6, 6.07) is 5.75. The second kappa shape index (κ2) is 3.18. The molecule has 3 nitrogen and oxygen atoms in total. The predicted octanol–water partition coefficient (Wildman–Crippen LogP) is 1.17. The molecule has 0 amide bonds. The molecule has 0 saturated heterocycles. The van der Waals surface area contributed by atoms with E-state index in [0.717, 1.165) is 12.8 Å². The summed E-state index contributed by atoms with van der Waals surface area (Å²) in [5.41, 5.74) is 8.24. The van der Waals surface area contributed by atoms with E-state index in [1.54, 1.807) is 6.07 Å². The fourth-order valence-corrected chi connectivity index (χ4v) is 1.76. The summed E-state index contributed by atoms with van der Waals surface area (Å²) in [7, 11) is 0. The molecule has 2 rings (SSSR count). The zero-order valence-electron chi connectivity index (χ0n) is 7.19. The summed E-state index contributed by atoms with van der Waals surface area (Å²) in [6.07, 6.45) is 1.96. The lowest BCUT2D eigenvalue weighted by atomic mass is 10.1. The molecule has 0 heterocycles. The molecule has 0 aromatic heterocycles. The molecule has 0 unspecified atom stereocenters. The van der Waals surface area contributed by atoms with Crippen molar-refractivity contribution in [3.05, 3.63) is 29.3 Å². The zero-order chi connectivity index (χ0) is 9.26. The van der Waals surface area contributed by atoms with Gasteiger partial charge in [0.15, 0.2) is 0 Å². The van der Waals surface area contributed by atoms with Crippen LogP contribution >= 0.6 is 0 Å². The second-order valence-corrected chi connectivity index (χ2v) is 3.22. The molecule has 0 spiro atoms. The molecule has 68 valence electrons. The number of fused-ring (bicyclic) bond motifs is 1. The molecule has 0 aliphatic heterocycles. The quantitative estimate of drug-likeness (QED) is 0.690. The monoisotopic (exact) mass is 177 g/mol. The molecular weight excluding hydrogens is 166 g/mol. The lowest BCUT2D eigenvalue weighted by Gasteiger charge is -2.05. The van der Waals surface area contributed by atoms with Gasteiger partial charge in [0.2, 0.25) is 0 Å². The van der Waals surface area contributed by atoms with E-state index >= 15 is 0 Å². The molecule has 0 bridgehead atoms. The maximum atomic E-state index is 10.1. The summed E-state index contributed by atoms with van der Waals surface area (Å²) in [6.45, 7) is 0.441. The van der Waals surface area contributed by atoms with Crippen LogP contribution in [0.4, 0.5) is 0 Å². The van der Waals surface area contributed by atoms with Crippen LogP contribution in [-0.2, 0) is 11.2 Å². The average molecular weight is 177 g/mol. The topological polar surface area (TPSA) is 52.3 Å². The highest BCUT2D eigenvalue weighted by molar-refractivity contribution is 5.48. The van der Waals surface area contributed by atoms with Crippen LogP contribution in [0, 0.1) is 0 Å². The largest absolute Gasteiger partial charge is 0.429 e. The minimum atomic E-state index is 0.153. The molecule has 0 radical (unpaired) electrons. The van der Waals surface area contributed by atoms with Crippen molar-refractivity contribution < 1.29 is 9.53 Å². The molecule has 1 aromatic carbocycles. The lowest BCUT2D eigenvalue weighted by Crippen LogP contribution is -2.04. The first-order valence-electron chi connectivity index (χ1n) is 4.30. The van der Waals surface area contributed by atoms with Crippen LogP contribution in [0.2, 0.25) is 0 Å². The number of rotatable bonds is 2. The minimum absolute atomic E-state index is 0.153. The molecule has 1 aliphatic rings. The average Bonchev–Trinajstić information content (AvgIpc) is 2.48.